The Labute approximate surface area is 187 Å². The molecule has 0 saturated heterocycles. The van der Waals surface area contributed by atoms with Crippen molar-refractivity contribution in [1.29, 1.82) is 0 Å². The Hall–Kier alpha value is -3.70. The smallest absolute Gasteiger partial charge is 0.274 e. The third kappa shape index (κ3) is 4.59. The van der Waals surface area contributed by atoms with Crippen molar-refractivity contribution >= 4 is 28.4 Å². The highest BCUT2D eigenvalue weighted by Crippen LogP contribution is 2.39. The Balaban J connectivity index is 1.91. The van der Waals surface area contributed by atoms with Gasteiger partial charge in [-0.3, -0.25) is 9.00 Å². The molecule has 0 spiro atoms. The highest BCUT2D eigenvalue weighted by Gasteiger charge is 2.19. The SMILES string of the molecule is Cn1cc(-c2cc(C(F)C=NS(=O)[O-])ccc2Oc2ccc(F)cc2F)c2cc[nH]c2c1=O. The number of hydrogen-bond acceptors (Lipinski definition) is 4. The fourth-order valence-corrected chi connectivity index (χ4v) is 3.57. The second kappa shape index (κ2) is 9.04. The number of alkyl halides is 1. The van der Waals surface area contributed by atoms with E-state index >= 15 is 0 Å². The standard InChI is InChI=1S/C22H16F3N3O4S/c1-28-11-16(14-6-7-26-21(14)22(28)29)15-8-12(18(25)10-27-33(30)31)2-4-19(15)32-20-5-3-13(23)9-17(20)24/h2-11,18,26H,1H3,(H,30,31)/p-1. The van der Waals surface area contributed by atoms with Gasteiger partial charge in [-0.2, -0.15) is 0 Å². The first-order chi connectivity index (χ1) is 15.7. The van der Waals surface area contributed by atoms with Gasteiger partial charge in [0, 0.05) is 42.0 Å². The molecule has 2 heterocycles. The summed E-state index contributed by atoms with van der Waals surface area (Å²) >= 11 is -2.82. The van der Waals surface area contributed by atoms with Gasteiger partial charge in [0.15, 0.2) is 17.7 Å². The van der Waals surface area contributed by atoms with Gasteiger partial charge in [-0.25, -0.2) is 17.6 Å². The van der Waals surface area contributed by atoms with Crippen LogP contribution in [-0.2, 0) is 18.3 Å². The Morgan fingerprint density at radius 1 is 1.15 bits per heavy atom. The maximum Gasteiger partial charge on any atom is 0.274 e. The number of nitrogens with zero attached hydrogens (tertiary/aromatic N) is 2. The molecule has 2 atom stereocenters. The van der Waals surface area contributed by atoms with Gasteiger partial charge < -0.3 is 18.8 Å². The van der Waals surface area contributed by atoms with Crippen LogP contribution in [-0.4, -0.2) is 24.5 Å². The third-order valence-electron chi connectivity index (χ3n) is 4.90. The summed E-state index contributed by atoms with van der Waals surface area (Å²) in [7, 11) is 1.53. The molecule has 2 aromatic carbocycles. The zero-order chi connectivity index (χ0) is 23.7. The van der Waals surface area contributed by atoms with Crippen molar-refractivity contribution < 1.29 is 26.7 Å². The summed E-state index contributed by atoms with van der Waals surface area (Å²) in [6.07, 6.45) is 1.83. The zero-order valence-electron chi connectivity index (χ0n) is 16.9. The van der Waals surface area contributed by atoms with Crippen LogP contribution in [0.3, 0.4) is 0 Å². The van der Waals surface area contributed by atoms with Crippen molar-refractivity contribution in [3.63, 3.8) is 0 Å². The number of halogens is 3. The number of nitrogens with one attached hydrogen (secondary N) is 1. The predicted octanol–water partition coefficient (Wildman–Crippen LogP) is 4.48. The number of hydrogen-bond donors (Lipinski definition) is 1. The molecular weight excluding hydrogens is 459 g/mol. The summed E-state index contributed by atoms with van der Waals surface area (Å²) in [4.78, 5) is 15.3. The average Bonchev–Trinajstić information content (AvgIpc) is 3.27. The molecule has 33 heavy (non-hydrogen) atoms. The van der Waals surface area contributed by atoms with Crippen molar-refractivity contribution in [2.75, 3.05) is 0 Å². The summed E-state index contributed by atoms with van der Waals surface area (Å²) in [6, 6.07) is 8.52. The second-order valence-electron chi connectivity index (χ2n) is 7.03. The molecule has 2 unspecified atom stereocenters. The van der Waals surface area contributed by atoms with Crippen molar-refractivity contribution in [2.24, 2.45) is 11.4 Å². The number of benzene rings is 2. The first kappa shape index (κ1) is 22.5. The number of rotatable bonds is 6. The highest BCUT2D eigenvalue weighted by atomic mass is 32.2. The number of aryl methyl sites for hydroxylation is 1. The van der Waals surface area contributed by atoms with Gasteiger partial charge in [0.25, 0.3) is 5.56 Å². The summed E-state index contributed by atoms with van der Waals surface area (Å²) in [5.41, 5.74) is 0.790. The fraction of sp³-hybridized carbons (Fsp3) is 0.0909. The van der Waals surface area contributed by atoms with Gasteiger partial charge in [0.2, 0.25) is 0 Å². The normalized spacial score (nSPS) is 13.5. The van der Waals surface area contributed by atoms with Crippen molar-refractivity contribution in [3.8, 4) is 22.6 Å². The van der Waals surface area contributed by atoms with Crippen molar-refractivity contribution in [1.82, 2.24) is 9.55 Å². The third-order valence-corrected chi connectivity index (χ3v) is 5.19. The molecule has 0 aliphatic carbocycles. The molecule has 11 heteroatoms. The minimum Gasteiger partial charge on any atom is -0.754 e. The lowest BCUT2D eigenvalue weighted by Crippen LogP contribution is -2.16. The average molecular weight is 474 g/mol. The molecule has 0 aliphatic heterocycles. The topological polar surface area (TPSA) is 99.5 Å². The summed E-state index contributed by atoms with van der Waals surface area (Å²) in [5, 5.41) is 0.504. The Kier molecular flexibility index (Phi) is 6.16. The lowest BCUT2D eigenvalue weighted by Gasteiger charge is -2.16. The summed E-state index contributed by atoms with van der Waals surface area (Å²) in [5.74, 6) is -1.88. The molecule has 4 rings (SSSR count). The van der Waals surface area contributed by atoms with Crippen LogP contribution in [0, 0.1) is 11.6 Å². The summed E-state index contributed by atoms with van der Waals surface area (Å²) in [6.45, 7) is 0. The van der Waals surface area contributed by atoms with Crippen LogP contribution in [0.5, 0.6) is 11.5 Å². The van der Waals surface area contributed by atoms with Gasteiger partial charge >= 0.3 is 0 Å². The van der Waals surface area contributed by atoms with Crippen LogP contribution >= 0.6 is 0 Å². The number of aromatic amines is 1. The molecule has 2 aromatic heterocycles. The Morgan fingerprint density at radius 2 is 1.91 bits per heavy atom. The maximum absolute atomic E-state index is 14.6. The molecule has 7 nitrogen and oxygen atoms in total. The second-order valence-corrected chi connectivity index (χ2v) is 7.68. The van der Waals surface area contributed by atoms with Crippen LogP contribution in [0.1, 0.15) is 11.7 Å². The van der Waals surface area contributed by atoms with Gasteiger partial charge in [-0.1, -0.05) is 6.07 Å². The minimum absolute atomic E-state index is 0.0451. The fourth-order valence-electron chi connectivity index (χ4n) is 3.37. The summed E-state index contributed by atoms with van der Waals surface area (Å²) < 4.78 is 73.5. The van der Waals surface area contributed by atoms with E-state index in [1.165, 1.54) is 36.0 Å². The first-order valence-corrected chi connectivity index (χ1v) is 10.5. The van der Waals surface area contributed by atoms with E-state index in [0.29, 0.717) is 28.7 Å². The molecular formula is C22H15F3N3O4S-. The van der Waals surface area contributed by atoms with E-state index in [1.807, 2.05) is 0 Å². The number of fused-ring (bicyclic) bond motifs is 1. The van der Waals surface area contributed by atoms with Gasteiger partial charge in [-0.15, -0.1) is 0 Å². The molecule has 0 amide bonds. The van der Waals surface area contributed by atoms with Gasteiger partial charge in [0.05, 0.1) is 17.5 Å². The molecule has 1 N–H and O–H groups in total. The van der Waals surface area contributed by atoms with E-state index in [9.17, 15) is 26.7 Å². The van der Waals surface area contributed by atoms with E-state index < -0.39 is 29.1 Å². The lowest BCUT2D eigenvalue weighted by molar-refractivity contribution is 0.434. The maximum atomic E-state index is 14.6. The van der Waals surface area contributed by atoms with Crippen LogP contribution in [0.25, 0.3) is 22.0 Å². The highest BCUT2D eigenvalue weighted by molar-refractivity contribution is 7.77. The number of aromatic nitrogens is 2. The van der Waals surface area contributed by atoms with Crippen LogP contribution in [0.15, 0.2) is 64.1 Å². The molecule has 0 fully saturated rings. The Bertz CT molecular complexity index is 1470. The molecule has 170 valence electrons. The molecule has 0 saturated carbocycles. The number of H-pyrrole nitrogens is 1. The lowest BCUT2D eigenvalue weighted by atomic mass is 9.99. The van der Waals surface area contributed by atoms with E-state index in [4.69, 9.17) is 4.74 Å². The van der Waals surface area contributed by atoms with Crippen LogP contribution < -0.4 is 10.3 Å². The monoisotopic (exact) mass is 474 g/mol. The molecule has 0 bridgehead atoms. The van der Waals surface area contributed by atoms with Gasteiger partial charge in [0.1, 0.15) is 17.1 Å². The molecule has 0 radical (unpaired) electrons. The first-order valence-electron chi connectivity index (χ1n) is 9.46. The number of ether oxygens (including phenoxy) is 1. The quantitative estimate of drug-likeness (QED) is 0.329. The van der Waals surface area contributed by atoms with E-state index in [-0.39, 0.29) is 28.2 Å². The van der Waals surface area contributed by atoms with Gasteiger partial charge in [-0.05, 0) is 35.9 Å². The van der Waals surface area contributed by atoms with Crippen molar-refractivity contribution in [3.05, 3.63) is 82.4 Å². The van der Waals surface area contributed by atoms with Crippen LogP contribution in [0.4, 0.5) is 13.2 Å². The van der Waals surface area contributed by atoms with E-state index in [0.717, 1.165) is 12.1 Å². The molecule has 0 aliphatic rings. The van der Waals surface area contributed by atoms with Crippen molar-refractivity contribution in [2.45, 2.75) is 6.17 Å². The van der Waals surface area contributed by atoms with E-state index in [2.05, 4.69) is 9.38 Å². The van der Waals surface area contributed by atoms with Crippen LogP contribution in [0.2, 0.25) is 0 Å². The zero-order valence-corrected chi connectivity index (χ0v) is 17.7. The largest absolute Gasteiger partial charge is 0.754 e. The minimum atomic E-state index is -2.82. The van der Waals surface area contributed by atoms with E-state index in [1.54, 1.807) is 12.3 Å². The number of pyridine rings is 1. The Morgan fingerprint density at radius 3 is 2.64 bits per heavy atom. The molecule has 4 aromatic rings. The predicted molar refractivity (Wildman–Crippen MR) is 117 cm³/mol.